The number of nitrogens with zero attached hydrogens (tertiary/aromatic N) is 4. The molecule has 200 valence electrons. The first-order valence-electron chi connectivity index (χ1n) is 12.8. The number of carbonyl (C=O) groups is 1. The number of ether oxygens (including phenoxy) is 1. The van der Waals surface area contributed by atoms with Gasteiger partial charge in [-0.3, -0.25) is 4.90 Å². The summed E-state index contributed by atoms with van der Waals surface area (Å²) in [5, 5.41) is 10.5. The molecule has 1 amide bonds. The van der Waals surface area contributed by atoms with Crippen LogP contribution in [0, 0.1) is 6.92 Å². The molecular weight excluding hydrogens is 488 g/mol. The number of benzene rings is 1. The molecule has 2 heterocycles. The fraction of sp³-hybridized carbons (Fsp3) is 0.667. The van der Waals surface area contributed by atoms with Crippen LogP contribution in [0.5, 0.6) is 0 Å². The molecular formula is C27H44N4O3SSi. The maximum absolute atomic E-state index is 13.1. The third kappa shape index (κ3) is 7.37. The van der Waals surface area contributed by atoms with Gasteiger partial charge in [-0.2, -0.15) is 0 Å². The van der Waals surface area contributed by atoms with Gasteiger partial charge in [0.05, 0.1) is 12.1 Å². The Balaban J connectivity index is 1.83. The minimum atomic E-state index is -1.84. The number of hydrogen-bond donors (Lipinski definition) is 0. The summed E-state index contributed by atoms with van der Waals surface area (Å²) in [5.74, 6) is 0. The second kappa shape index (κ2) is 10.9. The van der Waals surface area contributed by atoms with Crippen molar-refractivity contribution in [1.29, 1.82) is 0 Å². The number of likely N-dealkylation sites (N-methyl/N-ethyl adjacent to an activating group) is 1. The van der Waals surface area contributed by atoms with E-state index in [1.165, 1.54) is 0 Å². The zero-order valence-electron chi connectivity index (χ0n) is 23.7. The molecule has 0 aliphatic carbocycles. The average Bonchev–Trinajstić information content (AvgIpc) is 3.38. The van der Waals surface area contributed by atoms with Gasteiger partial charge in [0.25, 0.3) is 0 Å². The van der Waals surface area contributed by atoms with Crippen molar-refractivity contribution in [2.24, 2.45) is 0 Å². The molecule has 7 nitrogen and oxygen atoms in total. The number of carbonyl (C=O) groups excluding carboxylic acids is 1. The van der Waals surface area contributed by atoms with Crippen LogP contribution in [0.15, 0.2) is 24.3 Å². The van der Waals surface area contributed by atoms with E-state index in [1.807, 2.05) is 46.9 Å². The van der Waals surface area contributed by atoms with Crippen LogP contribution in [0.4, 0.5) is 4.79 Å². The summed E-state index contributed by atoms with van der Waals surface area (Å²) >= 11 is 1.57. The van der Waals surface area contributed by atoms with Crippen LogP contribution in [0.2, 0.25) is 18.1 Å². The molecule has 1 fully saturated rings. The van der Waals surface area contributed by atoms with Crippen molar-refractivity contribution in [1.82, 2.24) is 20.0 Å². The van der Waals surface area contributed by atoms with Crippen molar-refractivity contribution >= 4 is 25.7 Å². The van der Waals surface area contributed by atoms with E-state index in [-0.39, 0.29) is 23.3 Å². The molecule has 0 radical (unpaired) electrons. The van der Waals surface area contributed by atoms with Crippen LogP contribution in [0.1, 0.15) is 64.6 Å². The molecule has 0 bridgehead atoms. The number of rotatable bonds is 7. The first-order valence-corrected chi connectivity index (χ1v) is 16.5. The number of hydrogen-bond acceptors (Lipinski definition) is 7. The van der Waals surface area contributed by atoms with Crippen molar-refractivity contribution < 1.29 is 14.0 Å². The predicted octanol–water partition coefficient (Wildman–Crippen LogP) is 6.52. The van der Waals surface area contributed by atoms with Gasteiger partial charge in [-0.15, -0.1) is 10.2 Å². The lowest BCUT2D eigenvalue weighted by molar-refractivity contribution is 0.0187. The second-order valence-electron chi connectivity index (χ2n) is 12.4. The van der Waals surface area contributed by atoms with Crippen molar-refractivity contribution in [3.63, 3.8) is 0 Å². The summed E-state index contributed by atoms with van der Waals surface area (Å²) in [5.41, 5.74) is 1.51. The fourth-order valence-corrected chi connectivity index (χ4v) is 6.17. The quantitative estimate of drug-likeness (QED) is 0.378. The summed E-state index contributed by atoms with van der Waals surface area (Å²) < 4.78 is 12.5. The lowest BCUT2D eigenvalue weighted by atomic mass is 10.0. The second-order valence-corrected chi connectivity index (χ2v) is 18.3. The van der Waals surface area contributed by atoms with Gasteiger partial charge in [-0.1, -0.05) is 50.3 Å². The van der Waals surface area contributed by atoms with E-state index in [9.17, 15) is 4.79 Å². The summed E-state index contributed by atoms with van der Waals surface area (Å²) in [6.07, 6.45) is 0.923. The van der Waals surface area contributed by atoms with E-state index < -0.39 is 13.9 Å². The average molecular weight is 533 g/mol. The van der Waals surface area contributed by atoms with E-state index >= 15 is 0 Å². The first kappa shape index (κ1) is 28.8. The number of likely N-dealkylation sites (tertiary alicyclic amines) is 1. The highest BCUT2D eigenvalue weighted by Gasteiger charge is 2.41. The van der Waals surface area contributed by atoms with Gasteiger partial charge < -0.3 is 14.1 Å². The normalized spacial score (nSPS) is 18.3. The highest BCUT2D eigenvalue weighted by Crippen LogP contribution is 2.38. The molecule has 1 saturated heterocycles. The third-order valence-electron chi connectivity index (χ3n) is 7.12. The molecule has 9 heteroatoms. The van der Waals surface area contributed by atoms with Crippen LogP contribution in [0.25, 0.3) is 10.6 Å². The van der Waals surface area contributed by atoms with Gasteiger partial charge in [-0.05, 0) is 63.9 Å². The highest BCUT2D eigenvalue weighted by molar-refractivity contribution is 7.14. The topological polar surface area (TPSA) is 67.8 Å². The van der Waals surface area contributed by atoms with E-state index in [4.69, 9.17) is 9.16 Å². The van der Waals surface area contributed by atoms with Gasteiger partial charge in [-0.25, -0.2) is 4.79 Å². The van der Waals surface area contributed by atoms with Crippen molar-refractivity contribution in [2.75, 3.05) is 26.7 Å². The minimum absolute atomic E-state index is 0.166. The van der Waals surface area contributed by atoms with Gasteiger partial charge in [0.2, 0.25) is 0 Å². The van der Waals surface area contributed by atoms with Crippen molar-refractivity contribution in [3.05, 3.63) is 34.8 Å². The number of amides is 1. The Morgan fingerprint density at radius 3 is 2.50 bits per heavy atom. The molecule has 0 saturated carbocycles. The molecule has 0 N–H and O–H groups in total. The largest absolute Gasteiger partial charge is 0.444 e. The molecule has 1 aliphatic heterocycles. The molecule has 0 unspecified atom stereocenters. The van der Waals surface area contributed by atoms with Crippen LogP contribution in [0.3, 0.4) is 0 Å². The zero-order valence-corrected chi connectivity index (χ0v) is 25.5. The van der Waals surface area contributed by atoms with Gasteiger partial charge in [0.15, 0.2) is 8.32 Å². The lowest BCUT2D eigenvalue weighted by Gasteiger charge is -2.38. The summed E-state index contributed by atoms with van der Waals surface area (Å²) in [6.45, 7) is 21.7. The maximum atomic E-state index is 13.1. The molecule has 1 aromatic carbocycles. The summed E-state index contributed by atoms with van der Waals surface area (Å²) in [7, 11) is -0.00224. The van der Waals surface area contributed by atoms with E-state index in [0.717, 1.165) is 40.7 Å². The van der Waals surface area contributed by atoms with Crippen molar-refractivity contribution in [2.45, 2.75) is 90.8 Å². The Morgan fingerprint density at radius 2 is 1.92 bits per heavy atom. The smallest absolute Gasteiger partial charge is 0.410 e. The first-order chi connectivity index (χ1) is 16.6. The Kier molecular flexibility index (Phi) is 8.70. The number of aromatic nitrogens is 2. The molecule has 3 rings (SSSR count). The molecule has 1 aliphatic rings. The molecule has 0 spiro atoms. The van der Waals surface area contributed by atoms with E-state index in [0.29, 0.717) is 6.54 Å². The Labute approximate surface area is 222 Å². The van der Waals surface area contributed by atoms with E-state index in [1.54, 1.807) is 16.2 Å². The van der Waals surface area contributed by atoms with E-state index in [2.05, 4.69) is 61.1 Å². The summed E-state index contributed by atoms with van der Waals surface area (Å²) in [6, 6.07) is 8.13. The standard InChI is InChI=1S/C27H44N4O3SSi/c1-19-28-29-24(35-19)21-13-11-12-20(16-21)23(30(8)25(32)33-26(2,3)4)18-31-15-14-22(17-31)34-36(9,10)27(5,6)7/h11-13,16,22-23H,14-15,17-18H2,1-10H3/t22-,23-/m0/s1. The fourth-order valence-electron chi connectivity index (χ4n) is 4.10. The maximum Gasteiger partial charge on any atom is 0.410 e. The van der Waals surface area contributed by atoms with Gasteiger partial charge >= 0.3 is 6.09 Å². The van der Waals surface area contributed by atoms with Crippen LogP contribution < -0.4 is 0 Å². The van der Waals surface area contributed by atoms with Crippen molar-refractivity contribution in [3.8, 4) is 10.6 Å². The number of aryl methyl sites for hydroxylation is 1. The Morgan fingerprint density at radius 1 is 1.22 bits per heavy atom. The molecule has 2 aromatic rings. The van der Waals surface area contributed by atoms with Crippen LogP contribution in [-0.2, 0) is 9.16 Å². The van der Waals surface area contributed by atoms with Crippen LogP contribution >= 0.6 is 11.3 Å². The minimum Gasteiger partial charge on any atom is -0.444 e. The predicted molar refractivity (Wildman–Crippen MR) is 150 cm³/mol. The third-order valence-corrected chi connectivity index (χ3v) is 12.5. The molecule has 2 atom stereocenters. The SMILES string of the molecule is Cc1nnc(-c2cccc([C@H](CN3CC[C@H](O[Si](C)(C)C(C)(C)C)C3)N(C)C(=O)OC(C)(C)C)c2)s1. The summed E-state index contributed by atoms with van der Waals surface area (Å²) in [4.78, 5) is 17.3. The molecule has 1 aromatic heterocycles. The zero-order chi connectivity index (χ0) is 26.9. The monoisotopic (exact) mass is 532 g/mol. The lowest BCUT2D eigenvalue weighted by Crippen LogP contribution is -2.45. The van der Waals surface area contributed by atoms with Crippen LogP contribution in [-0.4, -0.2) is 72.8 Å². The van der Waals surface area contributed by atoms with Gasteiger partial charge in [0, 0.05) is 32.2 Å². The highest BCUT2D eigenvalue weighted by atomic mass is 32.1. The van der Waals surface area contributed by atoms with Gasteiger partial charge in [0.1, 0.15) is 15.6 Å². The Bertz CT molecular complexity index is 1040. The Hall–Kier alpha value is -1.81. The molecule has 36 heavy (non-hydrogen) atoms.